The fourth-order valence-corrected chi connectivity index (χ4v) is 7.09. The van der Waals surface area contributed by atoms with Crippen LogP contribution in [0.2, 0.25) is 0 Å². The molecule has 0 amide bonds. The second kappa shape index (κ2) is 8.76. The molecule has 4 nitrogen and oxygen atoms in total. The average Bonchev–Trinajstić information content (AvgIpc) is 3.65. The number of hydrogen-bond donors (Lipinski definition) is 0. The molecule has 10 aromatic rings. The summed E-state index contributed by atoms with van der Waals surface area (Å²) >= 11 is 0. The van der Waals surface area contributed by atoms with Crippen molar-refractivity contribution in [3.63, 3.8) is 0 Å². The van der Waals surface area contributed by atoms with E-state index in [0.717, 1.165) is 82.1 Å². The first-order valence-corrected chi connectivity index (χ1v) is 14.9. The predicted octanol–water partition coefficient (Wildman–Crippen LogP) is 10.6. The number of fused-ring (bicyclic) bond motifs is 13. The fraction of sp³-hybridized carbons (Fsp3) is 0. The molecule has 7 aromatic carbocycles. The van der Waals surface area contributed by atoms with Crippen LogP contribution < -0.4 is 0 Å². The number of aromatic nitrogens is 3. The van der Waals surface area contributed by atoms with Crippen molar-refractivity contribution in [2.75, 3.05) is 0 Å². The third kappa shape index (κ3) is 3.11. The van der Waals surface area contributed by atoms with Crippen molar-refractivity contribution >= 4 is 76.2 Å². The van der Waals surface area contributed by atoms with Gasteiger partial charge in [-0.25, -0.2) is 9.97 Å². The minimum atomic E-state index is 0.650. The van der Waals surface area contributed by atoms with Crippen LogP contribution >= 0.6 is 0 Å². The Bertz CT molecular complexity index is 2770. The van der Waals surface area contributed by atoms with Crippen LogP contribution in [0.3, 0.4) is 0 Å². The van der Waals surface area contributed by atoms with Crippen molar-refractivity contribution in [1.82, 2.24) is 14.5 Å². The molecule has 3 heterocycles. The first-order valence-electron chi connectivity index (χ1n) is 14.9. The van der Waals surface area contributed by atoms with Crippen LogP contribution in [-0.4, -0.2) is 14.5 Å². The van der Waals surface area contributed by atoms with Gasteiger partial charge in [-0.2, -0.15) is 0 Å². The fourth-order valence-electron chi connectivity index (χ4n) is 7.09. The zero-order valence-electron chi connectivity index (χ0n) is 23.5. The van der Waals surface area contributed by atoms with Crippen LogP contribution in [-0.2, 0) is 0 Å². The first-order chi connectivity index (χ1) is 21.8. The molecule has 0 N–H and O–H groups in total. The maximum absolute atomic E-state index is 6.85. The van der Waals surface area contributed by atoms with Crippen LogP contribution in [0.5, 0.6) is 0 Å². The van der Waals surface area contributed by atoms with Crippen LogP contribution in [0.15, 0.2) is 144 Å². The lowest BCUT2D eigenvalue weighted by Gasteiger charge is -2.12. The first kappa shape index (κ1) is 23.6. The molecule has 44 heavy (non-hydrogen) atoms. The van der Waals surface area contributed by atoms with Crippen molar-refractivity contribution in [2.24, 2.45) is 0 Å². The molecule has 0 spiro atoms. The highest BCUT2D eigenvalue weighted by Crippen LogP contribution is 2.47. The number of rotatable bonds is 2. The largest absolute Gasteiger partial charge is 0.455 e. The van der Waals surface area contributed by atoms with Gasteiger partial charge >= 0.3 is 0 Å². The number of benzene rings is 7. The lowest BCUT2D eigenvalue weighted by atomic mass is 9.98. The Hall–Kier alpha value is -6.00. The van der Waals surface area contributed by atoms with E-state index in [1.165, 1.54) is 5.39 Å². The SMILES string of the molecule is c1ccc(-c2nc(-n3c4ccccc4c4c5c6ccc7ccccc7c6oc5c5ccccc5c43)nc3ccccc23)cc1. The van der Waals surface area contributed by atoms with Gasteiger partial charge in [-0.15, -0.1) is 0 Å². The summed E-state index contributed by atoms with van der Waals surface area (Å²) in [6, 6.07) is 48.7. The summed E-state index contributed by atoms with van der Waals surface area (Å²) in [5, 5.41) is 10.0. The summed E-state index contributed by atoms with van der Waals surface area (Å²) in [5.41, 5.74) is 6.86. The van der Waals surface area contributed by atoms with Crippen molar-refractivity contribution in [3.8, 4) is 17.2 Å². The summed E-state index contributed by atoms with van der Waals surface area (Å²) < 4.78 is 9.10. The van der Waals surface area contributed by atoms with Gasteiger partial charge in [0.15, 0.2) is 0 Å². The molecular weight excluding hydrogens is 538 g/mol. The highest BCUT2D eigenvalue weighted by molar-refractivity contribution is 6.37. The van der Waals surface area contributed by atoms with Gasteiger partial charge in [0.2, 0.25) is 5.95 Å². The molecule has 204 valence electrons. The van der Waals surface area contributed by atoms with Crippen molar-refractivity contribution in [1.29, 1.82) is 0 Å². The number of para-hydroxylation sites is 2. The maximum atomic E-state index is 6.85. The van der Waals surface area contributed by atoms with Crippen molar-refractivity contribution < 1.29 is 4.42 Å². The molecule has 0 saturated carbocycles. The molecule has 0 unspecified atom stereocenters. The zero-order chi connectivity index (χ0) is 28.8. The van der Waals surface area contributed by atoms with Crippen LogP contribution in [0.4, 0.5) is 0 Å². The molecule has 0 bridgehead atoms. The topological polar surface area (TPSA) is 43.9 Å². The number of furan rings is 1. The Morgan fingerprint density at radius 3 is 2.00 bits per heavy atom. The van der Waals surface area contributed by atoms with Crippen molar-refractivity contribution in [2.45, 2.75) is 0 Å². The summed E-state index contributed by atoms with van der Waals surface area (Å²) in [6.45, 7) is 0. The van der Waals surface area contributed by atoms with Gasteiger partial charge in [0, 0.05) is 48.7 Å². The summed E-state index contributed by atoms with van der Waals surface area (Å²) in [5.74, 6) is 0.650. The van der Waals surface area contributed by atoms with Gasteiger partial charge in [-0.3, -0.25) is 4.57 Å². The molecule has 0 saturated heterocycles. The van der Waals surface area contributed by atoms with Gasteiger partial charge in [-0.05, 0) is 23.6 Å². The molecule has 4 heteroatoms. The van der Waals surface area contributed by atoms with E-state index in [1.54, 1.807) is 0 Å². The van der Waals surface area contributed by atoms with E-state index < -0.39 is 0 Å². The lowest BCUT2D eigenvalue weighted by Crippen LogP contribution is -2.03. The molecule has 0 aliphatic carbocycles. The molecule has 3 aromatic heterocycles. The van der Waals surface area contributed by atoms with Gasteiger partial charge in [0.25, 0.3) is 0 Å². The Morgan fingerprint density at radius 2 is 1.14 bits per heavy atom. The van der Waals surface area contributed by atoms with E-state index >= 15 is 0 Å². The Balaban J connectivity index is 1.45. The van der Waals surface area contributed by atoms with Gasteiger partial charge in [0.1, 0.15) is 11.2 Å². The van der Waals surface area contributed by atoms with E-state index in [1.807, 2.05) is 12.1 Å². The summed E-state index contributed by atoms with van der Waals surface area (Å²) in [7, 11) is 0. The van der Waals surface area contributed by atoms with E-state index in [2.05, 4.69) is 132 Å². The predicted molar refractivity (Wildman–Crippen MR) is 182 cm³/mol. The van der Waals surface area contributed by atoms with Gasteiger partial charge < -0.3 is 4.42 Å². The van der Waals surface area contributed by atoms with Gasteiger partial charge in [-0.1, -0.05) is 121 Å². The average molecular weight is 562 g/mol. The standard InChI is InChI=1S/C40H23N3O/c1-2-13-25(14-3-1)36-29-18-8-10-20-32(29)41-40(42-36)43-33-21-11-9-19-30(33)34-35-31-23-22-24-12-4-5-15-26(24)38(31)44-39(35)28-17-7-6-16-27(28)37(34)43/h1-23H. The normalized spacial score (nSPS) is 12.1. The van der Waals surface area contributed by atoms with Crippen molar-refractivity contribution in [3.05, 3.63) is 140 Å². The minimum Gasteiger partial charge on any atom is -0.455 e. The molecule has 0 fully saturated rings. The molecule has 0 aliphatic heterocycles. The highest BCUT2D eigenvalue weighted by atomic mass is 16.3. The quantitative estimate of drug-likeness (QED) is 0.211. The molecule has 10 rings (SSSR count). The van der Waals surface area contributed by atoms with E-state index in [4.69, 9.17) is 14.4 Å². The van der Waals surface area contributed by atoms with Crippen LogP contribution in [0.25, 0.3) is 93.4 Å². The number of hydrogen-bond acceptors (Lipinski definition) is 3. The zero-order valence-corrected chi connectivity index (χ0v) is 23.5. The summed E-state index contributed by atoms with van der Waals surface area (Å²) in [6.07, 6.45) is 0. The lowest BCUT2D eigenvalue weighted by molar-refractivity contribution is 0.676. The van der Waals surface area contributed by atoms with E-state index in [-0.39, 0.29) is 0 Å². The second-order valence-corrected chi connectivity index (χ2v) is 11.3. The minimum absolute atomic E-state index is 0.650. The molecule has 0 aliphatic rings. The smallest absolute Gasteiger partial charge is 0.235 e. The molecular formula is C40H23N3O. The monoisotopic (exact) mass is 561 g/mol. The van der Waals surface area contributed by atoms with Crippen LogP contribution in [0.1, 0.15) is 0 Å². The molecule has 0 atom stereocenters. The maximum Gasteiger partial charge on any atom is 0.235 e. The summed E-state index contributed by atoms with van der Waals surface area (Å²) in [4.78, 5) is 10.5. The third-order valence-electron chi connectivity index (χ3n) is 8.97. The van der Waals surface area contributed by atoms with Gasteiger partial charge in [0.05, 0.1) is 22.2 Å². The number of nitrogens with zero attached hydrogens (tertiary/aromatic N) is 3. The van der Waals surface area contributed by atoms with E-state index in [0.29, 0.717) is 5.95 Å². The Kier molecular flexibility index (Phi) is 4.69. The van der Waals surface area contributed by atoms with E-state index in [9.17, 15) is 0 Å². The highest BCUT2D eigenvalue weighted by Gasteiger charge is 2.24. The second-order valence-electron chi connectivity index (χ2n) is 11.3. The van der Waals surface area contributed by atoms with Crippen LogP contribution in [0, 0.1) is 0 Å². The third-order valence-corrected chi connectivity index (χ3v) is 8.97. The Morgan fingerprint density at radius 1 is 0.455 bits per heavy atom. The molecule has 0 radical (unpaired) electrons. The Labute approximate surface area is 251 Å².